The van der Waals surface area contributed by atoms with Crippen LogP contribution in [0.15, 0.2) is 0 Å². The van der Waals surface area contributed by atoms with Crippen LogP contribution < -0.4 is 0 Å². The van der Waals surface area contributed by atoms with E-state index in [1.807, 2.05) is 0 Å². The summed E-state index contributed by atoms with van der Waals surface area (Å²) in [5, 5.41) is 25.2. The molecule has 0 aliphatic heterocycles. The molecule has 0 aliphatic carbocycles. The zero-order valence-corrected chi connectivity index (χ0v) is 8.23. The third-order valence-corrected chi connectivity index (χ3v) is 2.01. The summed E-state index contributed by atoms with van der Waals surface area (Å²) < 4.78 is 0. The Kier molecular flexibility index (Phi) is 5.62. The summed E-state index contributed by atoms with van der Waals surface area (Å²) in [5.41, 5.74) is -2.75. The molecular formula is C5H8ClO6P. The molecule has 13 heavy (non-hydrogen) atoms. The van der Waals surface area contributed by atoms with Crippen molar-refractivity contribution in [2.45, 2.75) is 0 Å². The minimum atomic E-state index is -2.75. The molecule has 0 aromatic carbocycles. The quantitative estimate of drug-likeness (QED) is 0.444. The van der Waals surface area contributed by atoms with E-state index in [9.17, 15) is 14.4 Å². The van der Waals surface area contributed by atoms with E-state index < -0.39 is 29.5 Å². The third kappa shape index (κ3) is 2.29. The molecule has 6 nitrogen and oxygen atoms in total. The van der Waals surface area contributed by atoms with Crippen molar-refractivity contribution in [1.29, 1.82) is 0 Å². The van der Waals surface area contributed by atoms with E-state index in [0.29, 0.717) is 0 Å². The number of halogens is 1. The van der Waals surface area contributed by atoms with Crippen molar-refractivity contribution in [1.82, 2.24) is 0 Å². The first kappa shape index (κ1) is 14.6. The molecule has 0 amide bonds. The van der Waals surface area contributed by atoms with Gasteiger partial charge in [0.2, 0.25) is 0 Å². The average Bonchev–Trinajstić information content (AvgIpc) is 1.86. The maximum absolute atomic E-state index is 10.4. The largest absolute Gasteiger partial charge is 0.480 e. The van der Waals surface area contributed by atoms with E-state index in [0.717, 1.165) is 0 Å². The van der Waals surface area contributed by atoms with Gasteiger partial charge in [-0.05, 0) is 0 Å². The van der Waals surface area contributed by atoms with Gasteiger partial charge in [0.25, 0.3) is 5.41 Å². The maximum Gasteiger partial charge on any atom is 0.333 e. The Morgan fingerprint density at radius 3 is 1.23 bits per heavy atom. The Morgan fingerprint density at radius 1 is 1.00 bits per heavy atom. The molecule has 0 aromatic heterocycles. The van der Waals surface area contributed by atoms with E-state index >= 15 is 0 Å². The molecule has 76 valence electrons. The van der Waals surface area contributed by atoms with Crippen LogP contribution in [0.2, 0.25) is 0 Å². The minimum absolute atomic E-state index is 0. The monoisotopic (exact) mass is 230 g/mol. The molecule has 0 heterocycles. The summed E-state index contributed by atoms with van der Waals surface area (Å²) in [6.07, 6.45) is -0.576. The first-order valence-corrected chi connectivity index (χ1v) is 3.61. The Bertz CT molecular complexity index is 203. The zero-order chi connectivity index (χ0) is 9.94. The van der Waals surface area contributed by atoms with Crippen molar-refractivity contribution in [3.63, 3.8) is 0 Å². The van der Waals surface area contributed by atoms with Crippen LogP contribution in [0.4, 0.5) is 0 Å². The average molecular weight is 231 g/mol. The number of aliphatic carboxylic acids is 3. The van der Waals surface area contributed by atoms with Crippen molar-refractivity contribution in [2.75, 3.05) is 6.16 Å². The van der Waals surface area contributed by atoms with Crippen LogP contribution in [0.1, 0.15) is 0 Å². The molecule has 0 rings (SSSR count). The van der Waals surface area contributed by atoms with Gasteiger partial charge in [-0.15, -0.1) is 21.6 Å². The highest BCUT2D eigenvalue weighted by molar-refractivity contribution is 7.16. The maximum atomic E-state index is 10.4. The van der Waals surface area contributed by atoms with Crippen molar-refractivity contribution in [3.05, 3.63) is 0 Å². The van der Waals surface area contributed by atoms with Crippen molar-refractivity contribution in [2.24, 2.45) is 5.41 Å². The fourth-order valence-electron chi connectivity index (χ4n) is 0.536. The molecular weight excluding hydrogens is 222 g/mol. The highest BCUT2D eigenvalue weighted by Crippen LogP contribution is 2.21. The van der Waals surface area contributed by atoms with Crippen molar-refractivity contribution >= 4 is 39.6 Å². The van der Waals surface area contributed by atoms with Gasteiger partial charge in [0.15, 0.2) is 0 Å². The molecule has 1 atom stereocenters. The van der Waals surface area contributed by atoms with Gasteiger partial charge < -0.3 is 15.3 Å². The molecule has 0 saturated heterocycles. The van der Waals surface area contributed by atoms with Crippen molar-refractivity contribution in [3.8, 4) is 0 Å². The van der Waals surface area contributed by atoms with E-state index in [-0.39, 0.29) is 12.4 Å². The summed E-state index contributed by atoms with van der Waals surface area (Å²) >= 11 is 0. The summed E-state index contributed by atoms with van der Waals surface area (Å²) in [6, 6.07) is 0. The van der Waals surface area contributed by atoms with Crippen LogP contribution >= 0.6 is 21.6 Å². The number of rotatable bonds is 4. The zero-order valence-electron chi connectivity index (χ0n) is 6.26. The molecule has 8 heteroatoms. The fourth-order valence-corrected chi connectivity index (χ4v) is 1.06. The van der Waals surface area contributed by atoms with Crippen LogP contribution in [0.25, 0.3) is 0 Å². The van der Waals surface area contributed by atoms with Crippen LogP contribution in [0.5, 0.6) is 0 Å². The lowest BCUT2D eigenvalue weighted by Crippen LogP contribution is -2.47. The second-order valence-electron chi connectivity index (χ2n) is 2.02. The highest BCUT2D eigenvalue weighted by Gasteiger charge is 2.53. The lowest BCUT2D eigenvalue weighted by molar-refractivity contribution is -0.173. The van der Waals surface area contributed by atoms with Crippen LogP contribution in [-0.4, -0.2) is 39.4 Å². The number of carbonyl (C=O) groups is 3. The number of hydrogen-bond acceptors (Lipinski definition) is 3. The fraction of sp³-hybridized carbons (Fsp3) is 0.400. The van der Waals surface area contributed by atoms with Gasteiger partial charge in [-0.1, -0.05) is 0 Å². The Balaban J connectivity index is 0. The first-order valence-electron chi connectivity index (χ1n) is 2.79. The van der Waals surface area contributed by atoms with E-state index in [4.69, 9.17) is 15.3 Å². The first-order chi connectivity index (χ1) is 5.39. The summed E-state index contributed by atoms with van der Waals surface area (Å²) in [5.74, 6) is -5.63. The lowest BCUT2D eigenvalue weighted by Gasteiger charge is -2.16. The Morgan fingerprint density at radius 2 is 1.23 bits per heavy atom. The third-order valence-electron chi connectivity index (χ3n) is 1.40. The molecule has 0 bridgehead atoms. The topological polar surface area (TPSA) is 112 Å². The van der Waals surface area contributed by atoms with Gasteiger partial charge in [-0.3, -0.25) is 14.4 Å². The molecule has 3 N–H and O–H groups in total. The summed E-state index contributed by atoms with van der Waals surface area (Å²) in [6.45, 7) is 0. The van der Waals surface area contributed by atoms with Crippen molar-refractivity contribution < 1.29 is 29.7 Å². The molecule has 0 fully saturated rings. The van der Waals surface area contributed by atoms with Crippen LogP contribution in [-0.2, 0) is 14.4 Å². The molecule has 0 aliphatic rings. The van der Waals surface area contributed by atoms with Gasteiger partial charge >= 0.3 is 17.9 Å². The Hall–Kier alpha value is -0.870. The number of hydrogen-bond donors (Lipinski definition) is 3. The van der Waals surface area contributed by atoms with E-state index in [1.54, 1.807) is 9.24 Å². The van der Waals surface area contributed by atoms with Crippen LogP contribution in [0, 0.1) is 5.41 Å². The van der Waals surface area contributed by atoms with E-state index in [2.05, 4.69) is 0 Å². The molecule has 0 radical (unpaired) electrons. The minimum Gasteiger partial charge on any atom is -0.480 e. The molecule has 0 saturated carbocycles. The SMILES string of the molecule is Cl.O=C(O)C(CP)(C(=O)O)C(=O)O. The van der Waals surface area contributed by atoms with Gasteiger partial charge in [0.1, 0.15) is 0 Å². The predicted octanol–water partition coefficient (Wildman–Crippen LogP) is -0.477. The Labute approximate surface area is 81.5 Å². The second-order valence-corrected chi connectivity index (χ2v) is 2.43. The van der Waals surface area contributed by atoms with Gasteiger partial charge in [-0.25, -0.2) is 0 Å². The van der Waals surface area contributed by atoms with E-state index in [1.165, 1.54) is 0 Å². The van der Waals surface area contributed by atoms with Gasteiger partial charge in [0, 0.05) is 6.16 Å². The van der Waals surface area contributed by atoms with Gasteiger partial charge in [-0.2, -0.15) is 0 Å². The second kappa shape index (κ2) is 4.99. The lowest BCUT2D eigenvalue weighted by atomic mass is 9.91. The number of carboxylic acid groups (broad SMARTS) is 3. The smallest absolute Gasteiger partial charge is 0.333 e. The summed E-state index contributed by atoms with van der Waals surface area (Å²) in [7, 11) is 1.79. The highest BCUT2D eigenvalue weighted by atomic mass is 35.5. The predicted molar refractivity (Wildman–Crippen MR) is 47.2 cm³/mol. The molecule has 0 spiro atoms. The van der Waals surface area contributed by atoms with Gasteiger partial charge in [0.05, 0.1) is 0 Å². The normalized spacial score (nSPS) is 9.92. The standard InChI is InChI=1S/C5H7O6P.ClH/c6-2(7)5(1-12,3(8)9)4(10)11;/h1,12H2,(H,6,7)(H,8,9)(H,10,11);1H. The number of carboxylic acids is 3. The molecule has 1 unspecified atom stereocenters. The van der Waals surface area contributed by atoms with Crippen LogP contribution in [0.3, 0.4) is 0 Å². The molecule has 0 aromatic rings. The summed E-state index contributed by atoms with van der Waals surface area (Å²) in [4.78, 5) is 31.1.